The number of hydrogen-bond acceptors (Lipinski definition) is 2. The zero-order valence-corrected chi connectivity index (χ0v) is 11.3. The molecule has 18 heavy (non-hydrogen) atoms. The highest BCUT2D eigenvalue weighted by Crippen LogP contribution is 2.16. The second-order valence-electron chi connectivity index (χ2n) is 4.56. The predicted molar refractivity (Wildman–Crippen MR) is 71.9 cm³/mol. The predicted octanol–water partition coefficient (Wildman–Crippen LogP) is 2.68. The largest absolute Gasteiger partial charge is 0.381 e. The number of benzene rings is 1. The van der Waals surface area contributed by atoms with E-state index >= 15 is 0 Å². The van der Waals surface area contributed by atoms with Crippen LogP contribution in [0.2, 0.25) is 0 Å². The minimum absolute atomic E-state index is 0.0940. The van der Waals surface area contributed by atoms with Crippen molar-refractivity contribution in [1.82, 2.24) is 4.90 Å². The second kappa shape index (κ2) is 6.21. The van der Waals surface area contributed by atoms with Crippen LogP contribution in [0.25, 0.3) is 0 Å². The minimum Gasteiger partial charge on any atom is -0.381 e. The molecule has 0 saturated carbocycles. The van der Waals surface area contributed by atoms with Crippen molar-refractivity contribution in [3.05, 3.63) is 35.4 Å². The second-order valence-corrected chi connectivity index (χ2v) is 4.83. The maximum Gasteiger partial charge on any atom is 0.253 e. The summed E-state index contributed by atoms with van der Waals surface area (Å²) in [6.45, 7) is 1.53. The molecule has 0 aliphatic carbocycles. The number of nitrogens with zero attached hydrogens (tertiary/aromatic N) is 1. The van der Waals surface area contributed by atoms with Crippen molar-refractivity contribution in [1.29, 1.82) is 0 Å². The van der Waals surface area contributed by atoms with Crippen LogP contribution in [0, 0.1) is 0 Å². The summed E-state index contributed by atoms with van der Waals surface area (Å²) in [7, 11) is 1.73. The van der Waals surface area contributed by atoms with Crippen LogP contribution < -0.4 is 0 Å². The topological polar surface area (TPSA) is 29.5 Å². The highest BCUT2D eigenvalue weighted by Gasteiger charge is 2.23. The number of likely N-dealkylation sites (tertiary alicyclic amines) is 1. The highest BCUT2D eigenvalue weighted by molar-refractivity contribution is 6.17. The lowest BCUT2D eigenvalue weighted by molar-refractivity contribution is 0.0350. The van der Waals surface area contributed by atoms with Gasteiger partial charge in [0, 0.05) is 31.6 Å². The first-order valence-corrected chi connectivity index (χ1v) is 6.75. The zero-order valence-electron chi connectivity index (χ0n) is 10.6. The van der Waals surface area contributed by atoms with E-state index in [4.69, 9.17) is 16.3 Å². The first-order valence-electron chi connectivity index (χ1n) is 6.21. The van der Waals surface area contributed by atoms with E-state index in [1.165, 1.54) is 0 Å². The van der Waals surface area contributed by atoms with Gasteiger partial charge in [0.2, 0.25) is 0 Å². The number of methoxy groups -OCH3 is 1. The lowest BCUT2D eigenvalue weighted by Crippen LogP contribution is -2.40. The Balaban J connectivity index is 2.03. The molecule has 3 nitrogen and oxygen atoms in total. The third kappa shape index (κ3) is 3.03. The molecule has 1 aromatic carbocycles. The summed E-state index contributed by atoms with van der Waals surface area (Å²) in [6.07, 6.45) is 2.12. The highest BCUT2D eigenvalue weighted by atomic mass is 35.5. The van der Waals surface area contributed by atoms with Crippen molar-refractivity contribution in [3.63, 3.8) is 0 Å². The van der Waals surface area contributed by atoms with E-state index < -0.39 is 0 Å². The van der Waals surface area contributed by atoms with E-state index in [-0.39, 0.29) is 5.91 Å². The van der Waals surface area contributed by atoms with Gasteiger partial charge in [-0.25, -0.2) is 0 Å². The molecule has 1 fully saturated rings. The Labute approximate surface area is 113 Å². The van der Waals surface area contributed by atoms with Gasteiger partial charge in [-0.1, -0.05) is 12.1 Å². The van der Waals surface area contributed by atoms with Crippen LogP contribution in [0.15, 0.2) is 24.3 Å². The fourth-order valence-corrected chi connectivity index (χ4v) is 2.43. The number of hydrogen-bond donors (Lipinski definition) is 0. The maximum absolute atomic E-state index is 12.3. The first kappa shape index (κ1) is 13.4. The Bertz CT molecular complexity index is 414. The molecule has 0 N–H and O–H groups in total. The van der Waals surface area contributed by atoms with Crippen molar-refractivity contribution < 1.29 is 9.53 Å². The molecule has 1 heterocycles. The molecule has 0 radical (unpaired) electrons. The fourth-order valence-electron chi connectivity index (χ4n) is 2.26. The maximum atomic E-state index is 12.3. The van der Waals surface area contributed by atoms with Crippen molar-refractivity contribution in [2.45, 2.75) is 24.8 Å². The monoisotopic (exact) mass is 267 g/mol. The summed E-state index contributed by atoms with van der Waals surface area (Å²) in [5.41, 5.74) is 1.71. The average Bonchev–Trinajstić information content (AvgIpc) is 2.46. The number of piperidine rings is 1. The SMILES string of the molecule is COC1CCN(C(=O)c2cccc(CCl)c2)CC1. The molecule has 98 valence electrons. The van der Waals surface area contributed by atoms with Crippen molar-refractivity contribution in [2.24, 2.45) is 0 Å². The smallest absolute Gasteiger partial charge is 0.253 e. The summed E-state index contributed by atoms with van der Waals surface area (Å²) in [5, 5.41) is 0. The third-order valence-corrected chi connectivity index (χ3v) is 3.70. The van der Waals surface area contributed by atoms with Gasteiger partial charge in [0.15, 0.2) is 0 Å². The van der Waals surface area contributed by atoms with Crippen LogP contribution in [-0.4, -0.2) is 37.1 Å². The molecule has 1 aliphatic rings. The van der Waals surface area contributed by atoms with Gasteiger partial charge in [-0.3, -0.25) is 4.79 Å². The molecule has 0 atom stereocenters. The molecule has 4 heteroatoms. The van der Waals surface area contributed by atoms with Crippen molar-refractivity contribution in [2.75, 3.05) is 20.2 Å². The Hall–Kier alpha value is -1.06. The van der Waals surface area contributed by atoms with Gasteiger partial charge >= 0.3 is 0 Å². The molecule has 0 unspecified atom stereocenters. The Morgan fingerprint density at radius 2 is 2.17 bits per heavy atom. The zero-order chi connectivity index (χ0) is 13.0. The Kier molecular flexibility index (Phi) is 4.61. The van der Waals surface area contributed by atoms with E-state index in [1.807, 2.05) is 29.2 Å². The van der Waals surface area contributed by atoms with E-state index in [0.717, 1.165) is 37.1 Å². The molecule has 1 aromatic rings. The first-order chi connectivity index (χ1) is 8.74. The molecule has 0 spiro atoms. The third-order valence-electron chi connectivity index (χ3n) is 3.39. The van der Waals surface area contributed by atoms with Crippen molar-refractivity contribution >= 4 is 17.5 Å². The van der Waals surface area contributed by atoms with Gasteiger partial charge in [-0.05, 0) is 30.5 Å². The summed E-state index contributed by atoms with van der Waals surface area (Å²) in [4.78, 5) is 14.2. The van der Waals surface area contributed by atoms with Gasteiger partial charge < -0.3 is 9.64 Å². The Morgan fingerprint density at radius 1 is 1.44 bits per heavy atom. The van der Waals surface area contributed by atoms with Crippen LogP contribution in [0.5, 0.6) is 0 Å². The molecule has 2 rings (SSSR count). The lowest BCUT2D eigenvalue weighted by atomic mass is 10.1. The number of rotatable bonds is 3. The number of ether oxygens (including phenoxy) is 1. The minimum atomic E-state index is 0.0940. The van der Waals surface area contributed by atoms with Gasteiger partial charge in [0.25, 0.3) is 5.91 Å². The summed E-state index contributed by atoms with van der Waals surface area (Å²) in [6, 6.07) is 7.53. The summed E-state index contributed by atoms with van der Waals surface area (Å²) >= 11 is 5.79. The molecular weight excluding hydrogens is 250 g/mol. The fraction of sp³-hybridized carbons (Fsp3) is 0.500. The number of carbonyl (C=O) groups is 1. The number of carbonyl (C=O) groups excluding carboxylic acids is 1. The standard InChI is InChI=1S/C14H18ClNO2/c1-18-13-5-7-16(8-6-13)14(17)12-4-2-3-11(9-12)10-15/h2-4,9,13H,5-8,10H2,1H3. The van der Waals surface area contributed by atoms with Gasteiger partial charge in [0.1, 0.15) is 0 Å². The van der Waals surface area contributed by atoms with Crippen LogP contribution in [0.3, 0.4) is 0 Å². The van der Waals surface area contributed by atoms with E-state index in [1.54, 1.807) is 7.11 Å². The number of amides is 1. The van der Waals surface area contributed by atoms with Gasteiger partial charge in [0.05, 0.1) is 6.10 Å². The van der Waals surface area contributed by atoms with E-state index in [9.17, 15) is 4.79 Å². The van der Waals surface area contributed by atoms with Crippen LogP contribution in [0.1, 0.15) is 28.8 Å². The van der Waals surface area contributed by atoms with E-state index in [2.05, 4.69) is 0 Å². The molecule has 0 aromatic heterocycles. The molecule has 0 bridgehead atoms. The molecular formula is C14H18ClNO2. The lowest BCUT2D eigenvalue weighted by Gasteiger charge is -2.31. The summed E-state index contributed by atoms with van der Waals surface area (Å²) in [5.74, 6) is 0.531. The van der Waals surface area contributed by atoms with Crippen LogP contribution in [0.4, 0.5) is 0 Å². The molecule has 1 saturated heterocycles. The van der Waals surface area contributed by atoms with Crippen LogP contribution in [-0.2, 0) is 10.6 Å². The van der Waals surface area contributed by atoms with Crippen LogP contribution >= 0.6 is 11.6 Å². The normalized spacial score (nSPS) is 16.9. The quantitative estimate of drug-likeness (QED) is 0.788. The number of alkyl halides is 1. The molecule has 1 aliphatic heterocycles. The Morgan fingerprint density at radius 3 is 2.78 bits per heavy atom. The van der Waals surface area contributed by atoms with Gasteiger partial charge in [-0.2, -0.15) is 0 Å². The number of halogens is 1. The summed E-state index contributed by atoms with van der Waals surface area (Å²) < 4.78 is 5.31. The van der Waals surface area contributed by atoms with Gasteiger partial charge in [-0.15, -0.1) is 11.6 Å². The molecule has 1 amide bonds. The van der Waals surface area contributed by atoms with E-state index in [0.29, 0.717) is 12.0 Å². The average molecular weight is 268 g/mol. The van der Waals surface area contributed by atoms with Crippen molar-refractivity contribution in [3.8, 4) is 0 Å².